The first-order valence-electron chi connectivity index (χ1n) is 4.72. The first-order chi connectivity index (χ1) is 6.61. The molecule has 0 spiro atoms. The van der Waals surface area contributed by atoms with Crippen LogP contribution in [0.1, 0.15) is 29.8 Å². The Morgan fingerprint density at radius 3 is 2.50 bits per heavy atom. The molecule has 1 rings (SSSR count). The topological polar surface area (TPSA) is 41.1 Å². The van der Waals surface area contributed by atoms with Gasteiger partial charge in [-0.05, 0) is 32.4 Å². The highest BCUT2D eigenvalue weighted by Gasteiger charge is 2.06. The number of carbonyl (C=O) groups excluding carboxylic acids is 1. The van der Waals surface area contributed by atoms with E-state index in [0.29, 0.717) is 5.56 Å². The summed E-state index contributed by atoms with van der Waals surface area (Å²) < 4.78 is 0. The zero-order valence-electron chi connectivity index (χ0n) is 8.79. The number of rotatable bonds is 3. The van der Waals surface area contributed by atoms with Crippen molar-refractivity contribution in [2.75, 3.05) is 0 Å². The van der Waals surface area contributed by atoms with Gasteiger partial charge in [0.25, 0.3) is 5.91 Å². The molecule has 1 aromatic carbocycles. The van der Waals surface area contributed by atoms with Gasteiger partial charge in [-0.25, -0.2) is 5.43 Å². The fourth-order valence-electron chi connectivity index (χ4n) is 1.10. The lowest BCUT2D eigenvalue weighted by Gasteiger charge is -2.10. The molecule has 0 unspecified atom stereocenters. The van der Waals surface area contributed by atoms with Crippen LogP contribution in [-0.2, 0) is 0 Å². The Balaban J connectivity index is 2.65. The van der Waals surface area contributed by atoms with Gasteiger partial charge < -0.3 is 0 Å². The van der Waals surface area contributed by atoms with E-state index in [2.05, 4.69) is 10.9 Å². The van der Waals surface area contributed by atoms with Crippen molar-refractivity contribution in [2.24, 2.45) is 0 Å². The molecule has 3 heteroatoms. The number of hydrogen-bond donors (Lipinski definition) is 2. The molecule has 2 N–H and O–H groups in total. The van der Waals surface area contributed by atoms with E-state index in [9.17, 15) is 4.79 Å². The highest BCUT2D eigenvalue weighted by atomic mass is 16.2. The van der Waals surface area contributed by atoms with Crippen LogP contribution in [0.15, 0.2) is 24.3 Å². The summed E-state index contributed by atoms with van der Waals surface area (Å²) in [6.45, 7) is 5.86. The molecule has 0 heterocycles. The van der Waals surface area contributed by atoms with E-state index >= 15 is 0 Å². The van der Waals surface area contributed by atoms with E-state index in [1.807, 2.05) is 45.0 Å². The van der Waals surface area contributed by atoms with Gasteiger partial charge in [0.05, 0.1) is 0 Å². The third-order valence-corrected chi connectivity index (χ3v) is 1.86. The van der Waals surface area contributed by atoms with Crippen molar-refractivity contribution in [3.63, 3.8) is 0 Å². The second-order valence-electron chi connectivity index (χ2n) is 3.57. The van der Waals surface area contributed by atoms with Crippen LogP contribution in [0.2, 0.25) is 0 Å². The molecule has 0 aliphatic heterocycles. The Labute approximate surface area is 84.5 Å². The van der Waals surface area contributed by atoms with E-state index in [1.165, 1.54) is 0 Å². The summed E-state index contributed by atoms with van der Waals surface area (Å²) in [6.07, 6.45) is 0. The first kappa shape index (κ1) is 10.7. The fourth-order valence-corrected chi connectivity index (χ4v) is 1.10. The molecule has 3 nitrogen and oxygen atoms in total. The van der Waals surface area contributed by atoms with Crippen LogP contribution < -0.4 is 10.9 Å². The van der Waals surface area contributed by atoms with Crippen molar-refractivity contribution in [1.29, 1.82) is 0 Å². The average molecular weight is 192 g/mol. The molecule has 0 aliphatic carbocycles. The van der Waals surface area contributed by atoms with Crippen LogP contribution >= 0.6 is 0 Å². The van der Waals surface area contributed by atoms with E-state index in [1.54, 1.807) is 0 Å². The summed E-state index contributed by atoms with van der Waals surface area (Å²) in [6, 6.07) is 7.75. The second kappa shape index (κ2) is 4.77. The summed E-state index contributed by atoms with van der Waals surface area (Å²) in [5.41, 5.74) is 7.21. The van der Waals surface area contributed by atoms with Crippen molar-refractivity contribution in [3.05, 3.63) is 35.4 Å². The lowest BCUT2D eigenvalue weighted by Crippen LogP contribution is -2.41. The van der Waals surface area contributed by atoms with E-state index in [4.69, 9.17) is 0 Å². The van der Waals surface area contributed by atoms with Gasteiger partial charge in [-0.2, -0.15) is 0 Å². The summed E-state index contributed by atoms with van der Waals surface area (Å²) >= 11 is 0. The van der Waals surface area contributed by atoms with E-state index < -0.39 is 0 Å². The Morgan fingerprint density at radius 2 is 1.93 bits per heavy atom. The van der Waals surface area contributed by atoms with Crippen molar-refractivity contribution in [2.45, 2.75) is 26.8 Å². The third-order valence-electron chi connectivity index (χ3n) is 1.86. The van der Waals surface area contributed by atoms with Gasteiger partial charge >= 0.3 is 0 Å². The fraction of sp³-hybridized carbons (Fsp3) is 0.364. The Hall–Kier alpha value is -1.35. The van der Waals surface area contributed by atoms with Crippen molar-refractivity contribution < 1.29 is 4.79 Å². The van der Waals surface area contributed by atoms with E-state index in [0.717, 1.165) is 5.56 Å². The number of carbonyl (C=O) groups is 1. The number of hydrazine groups is 1. The molecular weight excluding hydrogens is 176 g/mol. The van der Waals surface area contributed by atoms with Gasteiger partial charge in [-0.1, -0.05) is 18.2 Å². The minimum Gasteiger partial charge on any atom is -0.287 e. The van der Waals surface area contributed by atoms with Gasteiger partial charge in [0.15, 0.2) is 0 Å². The van der Waals surface area contributed by atoms with E-state index in [-0.39, 0.29) is 11.9 Å². The quantitative estimate of drug-likeness (QED) is 0.715. The van der Waals surface area contributed by atoms with Crippen LogP contribution in [0, 0.1) is 6.92 Å². The Bertz CT molecular complexity index is 321. The molecular formula is C11H16N2O. The maximum Gasteiger partial charge on any atom is 0.265 e. The molecule has 0 radical (unpaired) electrons. The van der Waals surface area contributed by atoms with Crippen LogP contribution in [0.25, 0.3) is 0 Å². The first-order valence-corrected chi connectivity index (χ1v) is 4.72. The highest BCUT2D eigenvalue weighted by Crippen LogP contribution is 2.05. The summed E-state index contributed by atoms with van der Waals surface area (Å²) in [4.78, 5) is 11.6. The average Bonchev–Trinajstić information content (AvgIpc) is 2.15. The van der Waals surface area contributed by atoms with Crippen LogP contribution in [0.4, 0.5) is 0 Å². The van der Waals surface area contributed by atoms with Crippen LogP contribution in [0.3, 0.4) is 0 Å². The molecule has 0 saturated heterocycles. The second-order valence-corrected chi connectivity index (χ2v) is 3.57. The molecule has 0 aliphatic rings. The van der Waals surface area contributed by atoms with Gasteiger partial charge in [0, 0.05) is 11.6 Å². The molecule has 0 saturated carbocycles. The Kier molecular flexibility index (Phi) is 3.65. The van der Waals surface area contributed by atoms with Crippen molar-refractivity contribution in [1.82, 2.24) is 10.9 Å². The minimum absolute atomic E-state index is 0.0863. The maximum atomic E-state index is 11.6. The summed E-state index contributed by atoms with van der Waals surface area (Å²) in [7, 11) is 0. The molecule has 0 aromatic heterocycles. The van der Waals surface area contributed by atoms with Gasteiger partial charge in [-0.3, -0.25) is 10.2 Å². The number of amides is 1. The lowest BCUT2D eigenvalue weighted by atomic mass is 10.1. The molecule has 1 aromatic rings. The molecule has 14 heavy (non-hydrogen) atoms. The predicted molar refractivity (Wildman–Crippen MR) is 56.9 cm³/mol. The predicted octanol–water partition coefficient (Wildman–Crippen LogP) is 1.64. The van der Waals surface area contributed by atoms with Gasteiger partial charge in [0.1, 0.15) is 0 Å². The SMILES string of the molecule is Cc1ccccc1C(=O)NNC(C)C. The zero-order valence-corrected chi connectivity index (χ0v) is 8.79. The summed E-state index contributed by atoms with van der Waals surface area (Å²) in [5, 5.41) is 0. The van der Waals surface area contributed by atoms with Gasteiger partial charge in [-0.15, -0.1) is 0 Å². The lowest BCUT2D eigenvalue weighted by molar-refractivity contribution is 0.0927. The molecule has 0 fully saturated rings. The standard InChI is InChI=1S/C11H16N2O/c1-8(2)12-13-11(14)10-7-5-4-6-9(10)3/h4-8,12H,1-3H3,(H,13,14). The molecule has 76 valence electrons. The number of aryl methyl sites for hydroxylation is 1. The third kappa shape index (κ3) is 2.85. The largest absolute Gasteiger partial charge is 0.287 e. The smallest absolute Gasteiger partial charge is 0.265 e. The maximum absolute atomic E-state index is 11.6. The molecule has 0 atom stereocenters. The zero-order chi connectivity index (χ0) is 10.6. The number of nitrogens with one attached hydrogen (secondary N) is 2. The number of benzene rings is 1. The van der Waals surface area contributed by atoms with Gasteiger partial charge in [0.2, 0.25) is 0 Å². The van der Waals surface area contributed by atoms with Crippen LogP contribution in [-0.4, -0.2) is 11.9 Å². The minimum atomic E-state index is -0.0863. The van der Waals surface area contributed by atoms with Crippen molar-refractivity contribution >= 4 is 5.91 Å². The van der Waals surface area contributed by atoms with Crippen molar-refractivity contribution in [3.8, 4) is 0 Å². The van der Waals surface area contributed by atoms with Crippen LogP contribution in [0.5, 0.6) is 0 Å². The monoisotopic (exact) mass is 192 g/mol. The normalized spacial score (nSPS) is 10.3. The molecule has 1 amide bonds. The Morgan fingerprint density at radius 1 is 1.29 bits per heavy atom. The number of hydrogen-bond acceptors (Lipinski definition) is 2. The molecule has 0 bridgehead atoms. The highest BCUT2D eigenvalue weighted by molar-refractivity contribution is 5.95. The summed E-state index contributed by atoms with van der Waals surface area (Å²) in [5.74, 6) is -0.0863.